The first-order valence-electron chi connectivity index (χ1n) is 5.18. The van der Waals surface area contributed by atoms with E-state index in [1.54, 1.807) is 17.4 Å². The average molecular weight is 332 g/mol. The minimum absolute atomic E-state index is 0.625. The van der Waals surface area contributed by atoms with E-state index in [9.17, 15) is 5.11 Å². The lowest BCUT2D eigenvalue weighted by molar-refractivity contribution is 0.223. The molecule has 0 radical (unpaired) electrons. The minimum Gasteiger partial charge on any atom is -0.383 e. The Hall–Kier alpha value is -0.350. The SMILES string of the molecule is Cc1cc(Cl)cc(C(O)c2sc(C)cc2Br)c1. The molecule has 0 aliphatic carbocycles. The van der Waals surface area contributed by atoms with Crippen LogP contribution in [0.25, 0.3) is 0 Å². The first-order chi connectivity index (χ1) is 7.97. The van der Waals surface area contributed by atoms with Crippen LogP contribution in [-0.4, -0.2) is 5.11 Å². The molecule has 0 aliphatic heterocycles. The van der Waals surface area contributed by atoms with Crippen LogP contribution in [-0.2, 0) is 0 Å². The quantitative estimate of drug-likeness (QED) is 0.833. The van der Waals surface area contributed by atoms with E-state index in [0.717, 1.165) is 20.5 Å². The van der Waals surface area contributed by atoms with E-state index in [1.807, 2.05) is 32.0 Å². The number of thiophene rings is 1. The Morgan fingerprint density at radius 2 is 1.94 bits per heavy atom. The summed E-state index contributed by atoms with van der Waals surface area (Å²) in [6.45, 7) is 3.99. The third kappa shape index (κ3) is 2.91. The van der Waals surface area contributed by atoms with Crippen molar-refractivity contribution in [3.8, 4) is 0 Å². The zero-order valence-corrected chi connectivity index (χ0v) is 12.7. The number of rotatable bonds is 2. The molecule has 0 spiro atoms. The second-order valence-corrected chi connectivity index (χ2v) is 6.61. The summed E-state index contributed by atoms with van der Waals surface area (Å²) in [4.78, 5) is 2.09. The molecule has 2 rings (SSSR count). The van der Waals surface area contributed by atoms with Crippen LogP contribution in [0, 0.1) is 13.8 Å². The molecular formula is C13H12BrClOS. The third-order valence-electron chi connectivity index (χ3n) is 2.46. The van der Waals surface area contributed by atoms with Gasteiger partial charge in [-0.1, -0.05) is 17.7 Å². The van der Waals surface area contributed by atoms with Gasteiger partial charge >= 0.3 is 0 Å². The van der Waals surface area contributed by atoms with Gasteiger partial charge in [-0.05, 0) is 59.1 Å². The van der Waals surface area contributed by atoms with Crippen LogP contribution in [0.4, 0.5) is 0 Å². The summed E-state index contributed by atoms with van der Waals surface area (Å²) < 4.78 is 0.949. The van der Waals surface area contributed by atoms with Crippen LogP contribution in [0.15, 0.2) is 28.7 Å². The first kappa shape index (κ1) is 13.1. The highest BCUT2D eigenvalue weighted by Gasteiger charge is 2.17. The molecule has 4 heteroatoms. The van der Waals surface area contributed by atoms with Gasteiger partial charge in [-0.2, -0.15) is 0 Å². The number of aliphatic hydroxyl groups excluding tert-OH is 1. The first-order valence-corrected chi connectivity index (χ1v) is 7.17. The Balaban J connectivity index is 2.43. The van der Waals surface area contributed by atoms with Gasteiger partial charge in [0, 0.05) is 14.4 Å². The number of benzene rings is 1. The highest BCUT2D eigenvalue weighted by Crippen LogP contribution is 2.36. The van der Waals surface area contributed by atoms with Crippen LogP contribution < -0.4 is 0 Å². The van der Waals surface area contributed by atoms with Crippen molar-refractivity contribution >= 4 is 38.9 Å². The molecule has 0 bridgehead atoms. The van der Waals surface area contributed by atoms with Crippen molar-refractivity contribution in [2.24, 2.45) is 0 Å². The van der Waals surface area contributed by atoms with Gasteiger partial charge in [-0.25, -0.2) is 0 Å². The molecule has 2 aromatic rings. The Kier molecular flexibility index (Phi) is 3.93. The molecule has 1 atom stereocenters. The van der Waals surface area contributed by atoms with Crippen molar-refractivity contribution in [1.82, 2.24) is 0 Å². The van der Waals surface area contributed by atoms with Gasteiger partial charge in [0.05, 0.1) is 4.88 Å². The number of hydrogen-bond donors (Lipinski definition) is 1. The Morgan fingerprint density at radius 3 is 2.47 bits per heavy atom. The van der Waals surface area contributed by atoms with Crippen LogP contribution >= 0.6 is 38.9 Å². The summed E-state index contributed by atoms with van der Waals surface area (Å²) in [5.41, 5.74) is 1.88. The Labute approximate surface area is 118 Å². The molecule has 90 valence electrons. The molecule has 1 unspecified atom stereocenters. The lowest BCUT2D eigenvalue weighted by Crippen LogP contribution is -1.98. The van der Waals surface area contributed by atoms with Crippen LogP contribution in [0.2, 0.25) is 5.02 Å². The van der Waals surface area contributed by atoms with Gasteiger partial charge < -0.3 is 5.11 Å². The van der Waals surface area contributed by atoms with Gasteiger partial charge in [0.1, 0.15) is 6.10 Å². The van der Waals surface area contributed by atoms with E-state index in [0.29, 0.717) is 5.02 Å². The maximum atomic E-state index is 10.4. The molecule has 1 N–H and O–H groups in total. The fourth-order valence-corrected chi connectivity index (χ4v) is 3.94. The Bertz CT molecular complexity index is 530. The highest BCUT2D eigenvalue weighted by molar-refractivity contribution is 9.10. The fraction of sp³-hybridized carbons (Fsp3) is 0.231. The highest BCUT2D eigenvalue weighted by atomic mass is 79.9. The predicted octanol–water partition coefficient (Wildman–Crippen LogP) is 4.86. The van der Waals surface area contributed by atoms with E-state index >= 15 is 0 Å². The normalized spacial score (nSPS) is 12.8. The lowest BCUT2D eigenvalue weighted by Gasteiger charge is -2.11. The van der Waals surface area contributed by atoms with Crippen molar-refractivity contribution < 1.29 is 5.11 Å². The molecular weight excluding hydrogens is 320 g/mol. The van der Waals surface area contributed by atoms with Crippen molar-refractivity contribution in [3.63, 3.8) is 0 Å². The molecule has 1 heterocycles. The molecule has 1 aromatic heterocycles. The van der Waals surface area contributed by atoms with Crippen LogP contribution in [0.1, 0.15) is 27.0 Å². The van der Waals surface area contributed by atoms with Gasteiger partial charge in [0.25, 0.3) is 0 Å². The number of hydrogen-bond acceptors (Lipinski definition) is 2. The molecule has 0 amide bonds. The zero-order valence-electron chi connectivity index (χ0n) is 9.50. The molecule has 0 saturated carbocycles. The lowest BCUT2D eigenvalue weighted by atomic mass is 10.1. The smallest absolute Gasteiger partial charge is 0.114 e. The topological polar surface area (TPSA) is 20.2 Å². The largest absolute Gasteiger partial charge is 0.383 e. The monoisotopic (exact) mass is 330 g/mol. The van der Waals surface area contributed by atoms with E-state index in [4.69, 9.17) is 11.6 Å². The zero-order chi connectivity index (χ0) is 12.6. The standard InChI is InChI=1S/C13H12BrClOS/c1-7-3-9(6-10(15)4-7)12(16)13-11(14)5-8(2)17-13/h3-6,12,16H,1-2H3. The third-order valence-corrected chi connectivity index (χ3v) is 4.70. The van der Waals surface area contributed by atoms with E-state index in [-0.39, 0.29) is 0 Å². The summed E-state index contributed by atoms with van der Waals surface area (Å²) in [7, 11) is 0. The van der Waals surface area contributed by atoms with Crippen molar-refractivity contribution in [2.45, 2.75) is 20.0 Å². The maximum Gasteiger partial charge on any atom is 0.114 e. The summed E-state index contributed by atoms with van der Waals surface area (Å²) in [6.07, 6.45) is -0.625. The van der Waals surface area contributed by atoms with Crippen molar-refractivity contribution in [3.05, 3.63) is 54.6 Å². The van der Waals surface area contributed by atoms with Crippen LogP contribution in [0.3, 0.4) is 0 Å². The molecule has 0 fully saturated rings. The Morgan fingerprint density at radius 1 is 1.24 bits per heavy atom. The fourth-order valence-electron chi connectivity index (χ4n) is 1.76. The van der Waals surface area contributed by atoms with Gasteiger partial charge in [0.15, 0.2) is 0 Å². The van der Waals surface area contributed by atoms with Gasteiger partial charge in [-0.3, -0.25) is 0 Å². The molecule has 1 nitrogen and oxygen atoms in total. The van der Waals surface area contributed by atoms with Gasteiger partial charge in [0.2, 0.25) is 0 Å². The molecule has 1 aromatic carbocycles. The number of halogens is 2. The van der Waals surface area contributed by atoms with E-state index in [2.05, 4.69) is 15.9 Å². The molecule has 0 saturated heterocycles. The predicted molar refractivity (Wildman–Crippen MR) is 77.0 cm³/mol. The molecule has 17 heavy (non-hydrogen) atoms. The van der Waals surface area contributed by atoms with Crippen LogP contribution in [0.5, 0.6) is 0 Å². The van der Waals surface area contributed by atoms with E-state index < -0.39 is 6.10 Å². The summed E-state index contributed by atoms with van der Waals surface area (Å²) in [6, 6.07) is 7.66. The second kappa shape index (κ2) is 5.11. The van der Waals surface area contributed by atoms with Gasteiger partial charge in [-0.15, -0.1) is 11.3 Å². The minimum atomic E-state index is -0.625. The second-order valence-electron chi connectivity index (χ2n) is 4.03. The average Bonchev–Trinajstić information content (AvgIpc) is 2.55. The van der Waals surface area contributed by atoms with Crippen molar-refractivity contribution in [2.75, 3.05) is 0 Å². The molecule has 0 aliphatic rings. The summed E-state index contributed by atoms with van der Waals surface area (Å²) >= 11 is 11.1. The number of aryl methyl sites for hydroxylation is 2. The number of aliphatic hydroxyl groups is 1. The maximum absolute atomic E-state index is 10.4. The summed E-state index contributed by atoms with van der Waals surface area (Å²) in [5.74, 6) is 0. The van der Waals surface area contributed by atoms with Crippen molar-refractivity contribution in [1.29, 1.82) is 0 Å². The van der Waals surface area contributed by atoms with E-state index in [1.165, 1.54) is 4.88 Å². The summed E-state index contributed by atoms with van der Waals surface area (Å²) in [5, 5.41) is 11.0.